The Labute approximate surface area is 178 Å². The summed E-state index contributed by atoms with van der Waals surface area (Å²) in [4.78, 5) is 11.2. The summed E-state index contributed by atoms with van der Waals surface area (Å²) >= 11 is 5.48. The minimum absolute atomic E-state index is 0.0588. The number of hydrogen-bond acceptors (Lipinski definition) is 2. The molecule has 0 amide bonds. The van der Waals surface area contributed by atoms with Gasteiger partial charge in [0.05, 0.1) is 5.56 Å². The number of unbranched alkanes of at least 4 members (excludes halogenated alkanes) is 15. The van der Waals surface area contributed by atoms with Crippen molar-refractivity contribution in [3.05, 3.63) is 29.3 Å². The first-order chi connectivity index (χ1) is 13.7. The van der Waals surface area contributed by atoms with Gasteiger partial charge in [0.25, 0.3) is 5.24 Å². The molecule has 0 radical (unpaired) electrons. The zero-order valence-electron chi connectivity index (χ0n) is 18.0. The van der Waals surface area contributed by atoms with E-state index in [-0.39, 0.29) is 11.3 Å². The second kappa shape index (κ2) is 16.9. The van der Waals surface area contributed by atoms with Crippen molar-refractivity contribution in [1.29, 1.82) is 0 Å². The summed E-state index contributed by atoms with van der Waals surface area (Å²) in [6.07, 6.45) is 22.4. The molecule has 1 aromatic carbocycles. The maximum atomic E-state index is 11.2. The molecule has 0 aliphatic heterocycles. The summed E-state index contributed by atoms with van der Waals surface area (Å²) in [5.41, 5.74) is 1.05. The molecule has 0 aliphatic rings. The van der Waals surface area contributed by atoms with Crippen molar-refractivity contribution in [3.8, 4) is 5.75 Å². The van der Waals surface area contributed by atoms with Crippen molar-refractivity contribution in [1.82, 2.24) is 0 Å². The minimum Gasteiger partial charge on any atom is -0.507 e. The quantitative estimate of drug-likeness (QED) is 0.195. The highest BCUT2D eigenvalue weighted by atomic mass is 35.5. The van der Waals surface area contributed by atoms with Gasteiger partial charge in [-0.3, -0.25) is 4.79 Å². The lowest BCUT2D eigenvalue weighted by molar-refractivity contribution is 0.107. The van der Waals surface area contributed by atoms with Crippen LogP contribution >= 0.6 is 11.6 Å². The molecule has 1 aromatic rings. The Morgan fingerprint density at radius 1 is 0.750 bits per heavy atom. The SMILES string of the molecule is CCCCCCCCCCCCCCCCCCc1cccc(C(=O)Cl)c1O. The van der Waals surface area contributed by atoms with Crippen LogP contribution in [-0.2, 0) is 6.42 Å². The van der Waals surface area contributed by atoms with Gasteiger partial charge in [0, 0.05) is 0 Å². The lowest BCUT2D eigenvalue weighted by Crippen LogP contribution is -1.94. The maximum Gasteiger partial charge on any atom is 0.256 e. The number of aromatic hydroxyl groups is 1. The van der Waals surface area contributed by atoms with Crippen LogP contribution in [0.25, 0.3) is 0 Å². The smallest absolute Gasteiger partial charge is 0.256 e. The standard InChI is InChI=1S/C25H41ClO2/c1-2-3-4-5-6-7-8-9-10-11-12-13-14-15-16-17-19-22-20-18-21-23(24(22)27)25(26)28/h18,20-21,27H,2-17,19H2,1H3. The van der Waals surface area contributed by atoms with Crippen LogP contribution < -0.4 is 0 Å². The first kappa shape index (κ1) is 25.0. The van der Waals surface area contributed by atoms with Gasteiger partial charge < -0.3 is 5.11 Å². The molecule has 2 nitrogen and oxygen atoms in total. The van der Waals surface area contributed by atoms with Crippen LogP contribution in [0.3, 0.4) is 0 Å². The molecule has 1 N–H and O–H groups in total. The number of carbonyl (C=O) groups is 1. The van der Waals surface area contributed by atoms with E-state index < -0.39 is 5.24 Å². The maximum absolute atomic E-state index is 11.2. The van der Waals surface area contributed by atoms with Crippen LogP contribution in [0.15, 0.2) is 18.2 Å². The normalized spacial score (nSPS) is 11.1. The zero-order valence-corrected chi connectivity index (χ0v) is 18.7. The van der Waals surface area contributed by atoms with E-state index in [1.807, 2.05) is 6.07 Å². The van der Waals surface area contributed by atoms with Gasteiger partial charge in [0.2, 0.25) is 0 Å². The van der Waals surface area contributed by atoms with Crippen molar-refractivity contribution in [2.24, 2.45) is 0 Å². The molecule has 0 fully saturated rings. The molecule has 0 unspecified atom stereocenters. The van der Waals surface area contributed by atoms with E-state index in [1.54, 1.807) is 12.1 Å². The van der Waals surface area contributed by atoms with E-state index >= 15 is 0 Å². The highest BCUT2D eigenvalue weighted by Crippen LogP contribution is 2.25. The van der Waals surface area contributed by atoms with Crippen molar-refractivity contribution in [2.75, 3.05) is 0 Å². The third-order valence-electron chi connectivity index (χ3n) is 5.63. The molecule has 0 heterocycles. The molecular weight excluding hydrogens is 368 g/mol. The van der Waals surface area contributed by atoms with Gasteiger partial charge in [-0.05, 0) is 36.1 Å². The topological polar surface area (TPSA) is 37.3 Å². The van der Waals surface area contributed by atoms with Crippen LogP contribution in [0.1, 0.15) is 126 Å². The molecular formula is C25H41ClO2. The number of halogens is 1. The molecule has 3 heteroatoms. The van der Waals surface area contributed by atoms with E-state index in [2.05, 4.69) is 6.92 Å². The molecule has 1 rings (SSSR count). The number of carbonyl (C=O) groups excluding carboxylic acids is 1. The van der Waals surface area contributed by atoms with Gasteiger partial charge in [-0.1, -0.05) is 115 Å². The first-order valence-electron chi connectivity index (χ1n) is 11.7. The highest BCUT2D eigenvalue weighted by Gasteiger charge is 2.11. The minimum atomic E-state index is -0.591. The van der Waals surface area contributed by atoms with E-state index in [4.69, 9.17) is 11.6 Å². The molecule has 28 heavy (non-hydrogen) atoms. The average Bonchev–Trinajstić information content (AvgIpc) is 2.68. The molecule has 0 atom stereocenters. The number of para-hydroxylation sites is 1. The van der Waals surface area contributed by atoms with Crippen molar-refractivity contribution in [2.45, 2.75) is 116 Å². The Morgan fingerprint density at radius 2 is 1.18 bits per heavy atom. The van der Waals surface area contributed by atoms with E-state index in [9.17, 15) is 9.90 Å². The molecule has 0 saturated heterocycles. The second-order valence-electron chi connectivity index (χ2n) is 8.14. The van der Waals surface area contributed by atoms with Crippen LogP contribution in [0.2, 0.25) is 0 Å². The number of rotatable bonds is 18. The van der Waals surface area contributed by atoms with Crippen LogP contribution in [0.5, 0.6) is 5.75 Å². The Kier molecular flexibility index (Phi) is 15.1. The zero-order chi connectivity index (χ0) is 20.5. The summed E-state index contributed by atoms with van der Waals surface area (Å²) in [6, 6.07) is 5.24. The number of phenolic OH excluding ortho intramolecular Hbond substituents is 1. The van der Waals surface area contributed by atoms with Crippen molar-refractivity contribution in [3.63, 3.8) is 0 Å². The van der Waals surface area contributed by atoms with Crippen LogP contribution in [-0.4, -0.2) is 10.3 Å². The van der Waals surface area contributed by atoms with Crippen molar-refractivity contribution >= 4 is 16.8 Å². The van der Waals surface area contributed by atoms with Gasteiger partial charge in [-0.25, -0.2) is 0 Å². The summed E-state index contributed by atoms with van der Waals surface area (Å²) < 4.78 is 0. The van der Waals surface area contributed by atoms with E-state index in [0.29, 0.717) is 0 Å². The first-order valence-corrected chi connectivity index (χ1v) is 12.0. The summed E-state index contributed by atoms with van der Waals surface area (Å²) in [7, 11) is 0. The molecule has 0 saturated carbocycles. The number of phenols is 1. The largest absolute Gasteiger partial charge is 0.507 e. The third-order valence-corrected chi connectivity index (χ3v) is 5.83. The predicted octanol–water partition coefficient (Wildman–Crippen LogP) is 8.58. The fourth-order valence-electron chi connectivity index (χ4n) is 3.82. The third kappa shape index (κ3) is 11.7. The summed E-state index contributed by atoms with van der Waals surface area (Å²) in [5.74, 6) is 0.0588. The second-order valence-corrected chi connectivity index (χ2v) is 8.48. The fourth-order valence-corrected chi connectivity index (χ4v) is 3.97. The Morgan fingerprint density at radius 3 is 1.61 bits per heavy atom. The molecule has 0 bridgehead atoms. The van der Waals surface area contributed by atoms with Gasteiger partial charge in [0.15, 0.2) is 0 Å². The van der Waals surface area contributed by atoms with Gasteiger partial charge in [0.1, 0.15) is 5.75 Å². The number of aryl methyl sites for hydroxylation is 1. The molecule has 0 aliphatic carbocycles. The van der Waals surface area contributed by atoms with E-state index in [1.165, 1.54) is 96.3 Å². The van der Waals surface area contributed by atoms with Crippen LogP contribution in [0, 0.1) is 0 Å². The molecule has 160 valence electrons. The Bertz CT molecular complexity index is 527. The number of benzene rings is 1. The van der Waals surface area contributed by atoms with E-state index in [0.717, 1.165) is 18.4 Å². The average molecular weight is 409 g/mol. The number of hydrogen-bond donors (Lipinski definition) is 1. The highest BCUT2D eigenvalue weighted by molar-refractivity contribution is 6.68. The van der Waals surface area contributed by atoms with Gasteiger partial charge in [-0.2, -0.15) is 0 Å². The van der Waals surface area contributed by atoms with Gasteiger partial charge >= 0.3 is 0 Å². The summed E-state index contributed by atoms with van der Waals surface area (Å²) in [5, 5.41) is 9.49. The van der Waals surface area contributed by atoms with Gasteiger partial charge in [-0.15, -0.1) is 0 Å². The molecule has 0 aromatic heterocycles. The lowest BCUT2D eigenvalue weighted by atomic mass is 10.0. The molecule has 0 spiro atoms. The van der Waals surface area contributed by atoms with Crippen LogP contribution in [0.4, 0.5) is 0 Å². The Hall–Kier alpha value is -1.02. The lowest BCUT2D eigenvalue weighted by Gasteiger charge is -2.07. The van der Waals surface area contributed by atoms with Crippen molar-refractivity contribution < 1.29 is 9.90 Å². The predicted molar refractivity (Wildman–Crippen MR) is 122 cm³/mol. The Balaban J connectivity index is 1.90. The fraction of sp³-hybridized carbons (Fsp3) is 0.720. The monoisotopic (exact) mass is 408 g/mol. The summed E-state index contributed by atoms with van der Waals surface area (Å²) in [6.45, 7) is 2.28.